The largest absolute Gasteiger partial charge is 0.373 e. The van der Waals surface area contributed by atoms with E-state index in [4.69, 9.17) is 4.74 Å². The summed E-state index contributed by atoms with van der Waals surface area (Å²) in [7, 11) is 0. The van der Waals surface area contributed by atoms with Gasteiger partial charge in [0.1, 0.15) is 0 Å². The molecule has 2 bridgehead atoms. The van der Waals surface area contributed by atoms with Gasteiger partial charge >= 0.3 is 0 Å². The van der Waals surface area contributed by atoms with Crippen molar-refractivity contribution in [1.29, 1.82) is 0 Å². The standard InChI is InChI=1S/C15H25NO/c1-10-5-11(2)7-12(6-10)9-16-14-8-13-3-4-15(14)17-13/h5,10,12-16H,3-4,6-9H2,1-2H3. The van der Waals surface area contributed by atoms with Crippen LogP contribution in [-0.4, -0.2) is 24.8 Å². The summed E-state index contributed by atoms with van der Waals surface area (Å²) in [4.78, 5) is 0. The summed E-state index contributed by atoms with van der Waals surface area (Å²) in [6.07, 6.45) is 10.0. The molecule has 0 aromatic heterocycles. The molecule has 0 radical (unpaired) electrons. The van der Waals surface area contributed by atoms with Crippen LogP contribution in [0, 0.1) is 11.8 Å². The highest BCUT2D eigenvalue weighted by Gasteiger charge is 2.40. The van der Waals surface area contributed by atoms with E-state index in [2.05, 4.69) is 25.2 Å². The summed E-state index contributed by atoms with van der Waals surface area (Å²) < 4.78 is 5.89. The Bertz CT molecular complexity index is 312. The third-order valence-corrected chi connectivity index (χ3v) is 4.66. The van der Waals surface area contributed by atoms with Gasteiger partial charge < -0.3 is 10.1 Å². The zero-order chi connectivity index (χ0) is 11.8. The van der Waals surface area contributed by atoms with Crippen LogP contribution in [0.4, 0.5) is 0 Å². The maximum absolute atomic E-state index is 5.89. The maximum atomic E-state index is 5.89. The monoisotopic (exact) mass is 235 g/mol. The average Bonchev–Trinajstić information content (AvgIpc) is 2.86. The lowest BCUT2D eigenvalue weighted by molar-refractivity contribution is 0.0968. The van der Waals surface area contributed by atoms with Crippen molar-refractivity contribution in [1.82, 2.24) is 5.32 Å². The number of allylic oxidation sites excluding steroid dienone is 2. The van der Waals surface area contributed by atoms with E-state index in [-0.39, 0.29) is 0 Å². The summed E-state index contributed by atoms with van der Waals surface area (Å²) in [6, 6.07) is 0.648. The van der Waals surface area contributed by atoms with Crippen LogP contribution >= 0.6 is 0 Å². The number of hydrogen-bond donors (Lipinski definition) is 1. The molecule has 0 spiro atoms. The summed E-state index contributed by atoms with van der Waals surface area (Å²) in [5.41, 5.74) is 1.58. The maximum Gasteiger partial charge on any atom is 0.0733 e. The van der Waals surface area contributed by atoms with Gasteiger partial charge in [0.15, 0.2) is 0 Å². The van der Waals surface area contributed by atoms with E-state index >= 15 is 0 Å². The van der Waals surface area contributed by atoms with Crippen LogP contribution in [-0.2, 0) is 4.74 Å². The predicted octanol–water partition coefficient (Wildman–Crippen LogP) is 2.89. The third-order valence-electron chi connectivity index (χ3n) is 4.66. The number of fused-ring (bicyclic) bond motifs is 2. The van der Waals surface area contributed by atoms with Crippen molar-refractivity contribution in [2.24, 2.45) is 11.8 Å². The predicted molar refractivity (Wildman–Crippen MR) is 69.9 cm³/mol. The summed E-state index contributed by atoms with van der Waals surface area (Å²) in [5.74, 6) is 1.61. The van der Waals surface area contributed by atoms with E-state index in [9.17, 15) is 0 Å². The van der Waals surface area contributed by atoms with E-state index < -0.39 is 0 Å². The molecule has 0 saturated carbocycles. The summed E-state index contributed by atoms with van der Waals surface area (Å²) in [6.45, 7) is 5.81. The third kappa shape index (κ3) is 2.58. The van der Waals surface area contributed by atoms with Crippen molar-refractivity contribution in [2.75, 3.05) is 6.54 Å². The fourth-order valence-corrected chi connectivity index (χ4v) is 4.01. The van der Waals surface area contributed by atoms with Gasteiger partial charge in [0, 0.05) is 6.04 Å². The van der Waals surface area contributed by atoms with Gasteiger partial charge in [0.2, 0.25) is 0 Å². The van der Waals surface area contributed by atoms with Gasteiger partial charge in [-0.1, -0.05) is 18.6 Å². The van der Waals surface area contributed by atoms with Crippen LogP contribution in [0.15, 0.2) is 11.6 Å². The highest BCUT2D eigenvalue weighted by molar-refractivity contribution is 5.06. The summed E-state index contributed by atoms with van der Waals surface area (Å²) in [5, 5.41) is 3.77. The fraction of sp³-hybridized carbons (Fsp3) is 0.867. The molecular formula is C15H25NO. The topological polar surface area (TPSA) is 21.3 Å². The van der Waals surface area contributed by atoms with Crippen molar-refractivity contribution < 1.29 is 4.74 Å². The van der Waals surface area contributed by atoms with Crippen LogP contribution < -0.4 is 5.32 Å². The molecule has 17 heavy (non-hydrogen) atoms. The molecule has 0 amide bonds. The molecule has 1 N–H and O–H groups in total. The number of hydrogen-bond acceptors (Lipinski definition) is 2. The Labute approximate surface area is 105 Å². The first-order chi connectivity index (χ1) is 8.20. The van der Waals surface area contributed by atoms with Gasteiger partial charge in [-0.25, -0.2) is 0 Å². The smallest absolute Gasteiger partial charge is 0.0733 e. The average molecular weight is 235 g/mol. The van der Waals surface area contributed by atoms with Crippen molar-refractivity contribution in [3.63, 3.8) is 0 Å². The lowest BCUT2D eigenvalue weighted by atomic mass is 9.83. The Morgan fingerprint density at radius 1 is 1.35 bits per heavy atom. The Morgan fingerprint density at radius 2 is 2.24 bits per heavy atom. The molecule has 3 rings (SSSR count). The van der Waals surface area contributed by atoms with Crippen LogP contribution in [0.25, 0.3) is 0 Å². The van der Waals surface area contributed by atoms with Crippen molar-refractivity contribution in [3.8, 4) is 0 Å². The van der Waals surface area contributed by atoms with Gasteiger partial charge in [-0.3, -0.25) is 0 Å². The molecule has 3 aliphatic rings. The molecule has 0 aromatic rings. The minimum absolute atomic E-state index is 0.526. The zero-order valence-corrected chi connectivity index (χ0v) is 11.1. The van der Waals surface area contributed by atoms with Gasteiger partial charge in [-0.05, 0) is 57.4 Å². The molecule has 2 heterocycles. The molecule has 2 nitrogen and oxygen atoms in total. The Kier molecular flexibility index (Phi) is 3.27. The van der Waals surface area contributed by atoms with Crippen molar-refractivity contribution >= 4 is 0 Å². The molecular weight excluding hydrogens is 210 g/mol. The van der Waals surface area contributed by atoms with E-state index in [1.54, 1.807) is 5.57 Å². The SMILES string of the molecule is CC1=CC(C)CC(CNC2CC3CCC2O3)C1. The first kappa shape index (κ1) is 11.7. The van der Waals surface area contributed by atoms with Crippen molar-refractivity contribution in [2.45, 2.75) is 64.2 Å². The summed E-state index contributed by atoms with van der Waals surface area (Å²) >= 11 is 0. The molecule has 2 saturated heterocycles. The lowest BCUT2D eigenvalue weighted by Crippen LogP contribution is -2.40. The second-order valence-electron chi connectivity index (χ2n) is 6.42. The molecule has 2 heteroatoms. The van der Waals surface area contributed by atoms with Gasteiger partial charge in [-0.2, -0.15) is 0 Å². The second kappa shape index (κ2) is 4.74. The number of nitrogens with one attached hydrogen (secondary N) is 1. The quantitative estimate of drug-likeness (QED) is 0.759. The van der Waals surface area contributed by atoms with Crippen LogP contribution in [0.1, 0.15) is 46.0 Å². The Morgan fingerprint density at radius 3 is 2.88 bits per heavy atom. The number of ether oxygens (including phenoxy) is 1. The molecule has 96 valence electrons. The Hall–Kier alpha value is -0.340. The first-order valence-corrected chi connectivity index (χ1v) is 7.27. The van der Waals surface area contributed by atoms with Gasteiger partial charge in [0.05, 0.1) is 12.2 Å². The van der Waals surface area contributed by atoms with E-state index in [1.165, 1.54) is 38.6 Å². The molecule has 2 aliphatic heterocycles. The first-order valence-electron chi connectivity index (χ1n) is 7.27. The molecule has 5 atom stereocenters. The minimum Gasteiger partial charge on any atom is -0.373 e. The molecule has 1 aliphatic carbocycles. The van der Waals surface area contributed by atoms with E-state index in [0.29, 0.717) is 18.2 Å². The van der Waals surface area contributed by atoms with Crippen LogP contribution in [0.2, 0.25) is 0 Å². The van der Waals surface area contributed by atoms with Crippen molar-refractivity contribution in [3.05, 3.63) is 11.6 Å². The van der Waals surface area contributed by atoms with Gasteiger partial charge in [-0.15, -0.1) is 0 Å². The fourth-order valence-electron chi connectivity index (χ4n) is 4.01. The minimum atomic E-state index is 0.526. The Balaban J connectivity index is 1.47. The molecule has 2 fully saturated rings. The van der Waals surface area contributed by atoms with E-state index in [0.717, 1.165) is 11.8 Å². The highest BCUT2D eigenvalue weighted by Crippen LogP contribution is 2.35. The molecule has 5 unspecified atom stereocenters. The normalized spacial score (nSPS) is 45.1. The van der Waals surface area contributed by atoms with Gasteiger partial charge in [0.25, 0.3) is 0 Å². The zero-order valence-electron chi connectivity index (χ0n) is 11.1. The second-order valence-corrected chi connectivity index (χ2v) is 6.42. The lowest BCUT2D eigenvalue weighted by Gasteiger charge is -2.28. The van der Waals surface area contributed by atoms with Crippen LogP contribution in [0.3, 0.4) is 0 Å². The van der Waals surface area contributed by atoms with E-state index in [1.807, 2.05) is 0 Å². The van der Waals surface area contributed by atoms with Crippen LogP contribution in [0.5, 0.6) is 0 Å². The number of rotatable bonds is 3. The molecule has 0 aromatic carbocycles. The highest BCUT2D eigenvalue weighted by atomic mass is 16.5.